The van der Waals surface area contributed by atoms with E-state index < -0.39 is 0 Å². The zero-order valence-electron chi connectivity index (χ0n) is 15.4. The molecule has 0 heterocycles. The third-order valence-corrected chi connectivity index (χ3v) is 5.99. The summed E-state index contributed by atoms with van der Waals surface area (Å²) in [6.07, 6.45) is -0.253. The molecule has 0 aromatic heterocycles. The molecule has 0 amide bonds. The number of ether oxygens (including phenoxy) is 1. The third-order valence-electron chi connectivity index (χ3n) is 4.47. The number of fused-ring (bicyclic) bond motifs is 1. The second-order valence-electron chi connectivity index (χ2n) is 6.41. The van der Waals surface area contributed by atoms with Crippen LogP contribution in [0.25, 0.3) is 10.8 Å². The summed E-state index contributed by atoms with van der Waals surface area (Å²) in [7, 11) is 0. The van der Waals surface area contributed by atoms with Gasteiger partial charge in [-0.15, -0.1) is 0 Å². The summed E-state index contributed by atoms with van der Waals surface area (Å²) in [6, 6.07) is 35.5. The van der Waals surface area contributed by atoms with Gasteiger partial charge >= 0.3 is 173 Å². The van der Waals surface area contributed by atoms with Crippen LogP contribution in [0.1, 0.15) is 17.2 Å². The SMILES string of the molecule is C(#CC(OCc1ccccc1)c1cccc2ccccc12)[Se]c1ccccc1. The Morgan fingerprint density at radius 2 is 1.39 bits per heavy atom. The first-order valence-electron chi connectivity index (χ1n) is 9.26. The van der Waals surface area contributed by atoms with Crippen LogP contribution < -0.4 is 4.46 Å². The normalized spacial score (nSPS) is 11.6. The van der Waals surface area contributed by atoms with Crippen LogP contribution in [0.4, 0.5) is 0 Å². The summed E-state index contributed by atoms with van der Waals surface area (Å²) in [6.45, 7) is 0.543. The Morgan fingerprint density at radius 1 is 0.714 bits per heavy atom. The van der Waals surface area contributed by atoms with E-state index in [0.717, 1.165) is 11.1 Å². The van der Waals surface area contributed by atoms with E-state index in [0.29, 0.717) is 6.61 Å². The van der Waals surface area contributed by atoms with E-state index in [9.17, 15) is 0 Å². The molecule has 1 unspecified atom stereocenters. The van der Waals surface area contributed by atoms with E-state index in [-0.39, 0.29) is 21.1 Å². The van der Waals surface area contributed by atoms with Gasteiger partial charge in [0.2, 0.25) is 0 Å². The number of hydrogen-bond acceptors (Lipinski definition) is 1. The fraction of sp³-hybridized carbons (Fsp3) is 0.0769. The van der Waals surface area contributed by atoms with Gasteiger partial charge in [-0.1, -0.05) is 0 Å². The molecule has 0 aliphatic carbocycles. The summed E-state index contributed by atoms with van der Waals surface area (Å²) < 4.78 is 7.58. The monoisotopic (exact) mass is 428 g/mol. The van der Waals surface area contributed by atoms with Gasteiger partial charge in [-0.3, -0.25) is 0 Å². The van der Waals surface area contributed by atoms with E-state index >= 15 is 0 Å². The Kier molecular flexibility index (Phi) is 6.22. The van der Waals surface area contributed by atoms with Gasteiger partial charge in [0, 0.05) is 0 Å². The molecule has 4 aromatic carbocycles. The molecule has 28 heavy (non-hydrogen) atoms. The van der Waals surface area contributed by atoms with Crippen molar-refractivity contribution in [3.8, 4) is 10.7 Å². The van der Waals surface area contributed by atoms with E-state index in [2.05, 4.69) is 89.6 Å². The Hall–Kier alpha value is -2.82. The average Bonchev–Trinajstić information content (AvgIpc) is 2.77. The van der Waals surface area contributed by atoms with Gasteiger partial charge in [-0.2, -0.15) is 0 Å². The van der Waals surface area contributed by atoms with Gasteiger partial charge in [0.1, 0.15) is 0 Å². The second kappa shape index (κ2) is 9.40. The van der Waals surface area contributed by atoms with Gasteiger partial charge < -0.3 is 0 Å². The first-order chi connectivity index (χ1) is 13.9. The van der Waals surface area contributed by atoms with Gasteiger partial charge in [-0.25, -0.2) is 0 Å². The van der Waals surface area contributed by atoms with Crippen molar-refractivity contribution in [2.75, 3.05) is 0 Å². The summed E-state index contributed by atoms with van der Waals surface area (Å²) in [5.74, 6) is 3.40. The van der Waals surface area contributed by atoms with Crippen LogP contribution in [0, 0.1) is 10.7 Å². The summed E-state index contributed by atoms with van der Waals surface area (Å²) >= 11 is 0.111. The molecule has 0 fully saturated rings. The van der Waals surface area contributed by atoms with E-state index in [1.54, 1.807) is 0 Å². The maximum atomic E-state index is 6.30. The zero-order chi connectivity index (χ0) is 19.0. The van der Waals surface area contributed by atoms with Crippen molar-refractivity contribution in [1.82, 2.24) is 0 Å². The fourth-order valence-corrected chi connectivity index (χ4v) is 4.28. The van der Waals surface area contributed by atoms with Crippen LogP contribution in [0.15, 0.2) is 103 Å². The summed E-state index contributed by atoms with van der Waals surface area (Å²) in [5.41, 5.74) is 2.29. The van der Waals surface area contributed by atoms with Crippen molar-refractivity contribution in [3.63, 3.8) is 0 Å². The minimum atomic E-state index is -0.253. The molecule has 0 bridgehead atoms. The van der Waals surface area contributed by atoms with E-state index in [4.69, 9.17) is 4.74 Å². The van der Waals surface area contributed by atoms with E-state index in [1.807, 2.05) is 24.3 Å². The van der Waals surface area contributed by atoms with Gasteiger partial charge in [0.05, 0.1) is 0 Å². The molecule has 0 radical (unpaired) electrons. The van der Waals surface area contributed by atoms with Gasteiger partial charge in [0.15, 0.2) is 0 Å². The molecule has 136 valence electrons. The summed E-state index contributed by atoms with van der Waals surface area (Å²) in [4.78, 5) is 3.39. The minimum absolute atomic E-state index is 0.111. The molecular weight excluding hydrogens is 407 g/mol. The molecule has 1 nitrogen and oxygen atoms in total. The standard InChI is InChI=1S/C26H20OSe/c1-3-10-21(11-4-1)20-27-26(18-19-28-23-14-5-2-6-15-23)25-17-9-13-22-12-7-8-16-24(22)25/h1-17,26H,20H2. The summed E-state index contributed by atoms with van der Waals surface area (Å²) in [5, 5.41) is 2.41. The third kappa shape index (κ3) is 4.71. The molecular formula is C26H20OSe. The van der Waals surface area contributed by atoms with Crippen molar-refractivity contribution >= 4 is 30.2 Å². The molecule has 2 heteroatoms. The van der Waals surface area contributed by atoms with Crippen LogP contribution in [0.3, 0.4) is 0 Å². The number of hydrogen-bond donors (Lipinski definition) is 0. The van der Waals surface area contributed by atoms with Crippen LogP contribution in [0.5, 0.6) is 0 Å². The Labute approximate surface area is 172 Å². The van der Waals surface area contributed by atoms with E-state index in [1.165, 1.54) is 15.2 Å². The first kappa shape index (κ1) is 18.5. The van der Waals surface area contributed by atoms with Gasteiger partial charge in [-0.05, 0) is 0 Å². The average molecular weight is 427 g/mol. The molecule has 0 saturated heterocycles. The molecule has 1 atom stereocenters. The molecule has 4 rings (SSSR count). The van der Waals surface area contributed by atoms with Crippen LogP contribution >= 0.6 is 0 Å². The molecule has 0 aliphatic heterocycles. The van der Waals surface area contributed by atoms with Gasteiger partial charge in [0.25, 0.3) is 0 Å². The Morgan fingerprint density at radius 3 is 2.21 bits per heavy atom. The Bertz CT molecular complexity index is 1090. The fourth-order valence-electron chi connectivity index (χ4n) is 3.07. The molecule has 0 aliphatic rings. The quantitative estimate of drug-likeness (QED) is 0.319. The van der Waals surface area contributed by atoms with Crippen LogP contribution in [-0.4, -0.2) is 15.0 Å². The van der Waals surface area contributed by atoms with Crippen molar-refractivity contribution in [1.29, 1.82) is 0 Å². The van der Waals surface area contributed by atoms with Crippen LogP contribution in [0.2, 0.25) is 0 Å². The molecule has 0 saturated carbocycles. The predicted octanol–water partition coefficient (Wildman–Crippen LogP) is 5.09. The topological polar surface area (TPSA) is 9.23 Å². The molecule has 0 spiro atoms. The molecule has 0 N–H and O–H groups in total. The zero-order valence-corrected chi connectivity index (χ0v) is 17.1. The maximum absolute atomic E-state index is 6.30. The van der Waals surface area contributed by atoms with Crippen molar-refractivity contribution in [2.45, 2.75) is 12.7 Å². The first-order valence-corrected chi connectivity index (χ1v) is 11.0. The molecule has 4 aromatic rings. The van der Waals surface area contributed by atoms with Crippen molar-refractivity contribution in [3.05, 3.63) is 114 Å². The second-order valence-corrected chi connectivity index (χ2v) is 8.25. The number of rotatable bonds is 5. The Balaban J connectivity index is 1.63. The number of benzene rings is 4. The van der Waals surface area contributed by atoms with Crippen LogP contribution in [-0.2, 0) is 11.3 Å². The van der Waals surface area contributed by atoms with Crippen molar-refractivity contribution in [2.24, 2.45) is 0 Å². The van der Waals surface area contributed by atoms with Crippen molar-refractivity contribution < 1.29 is 4.74 Å². The predicted molar refractivity (Wildman–Crippen MR) is 118 cm³/mol.